The second-order valence-electron chi connectivity index (χ2n) is 11.7. The van der Waals surface area contributed by atoms with E-state index in [1.165, 1.54) is 12.1 Å². The fourth-order valence-electron chi connectivity index (χ4n) is 3.68. The molecule has 39 heavy (non-hydrogen) atoms. The van der Waals surface area contributed by atoms with Gasteiger partial charge in [-0.3, -0.25) is 14.4 Å². The molecule has 0 aliphatic rings. The van der Waals surface area contributed by atoms with E-state index in [9.17, 15) is 24.3 Å². The number of ether oxygens (including phenoxy) is 4. The lowest BCUT2D eigenvalue weighted by molar-refractivity contribution is -0.139. The summed E-state index contributed by atoms with van der Waals surface area (Å²) in [5, 5.41) is 9.69. The van der Waals surface area contributed by atoms with Crippen molar-refractivity contribution in [2.45, 2.75) is 98.6 Å². The highest BCUT2D eigenvalue weighted by Crippen LogP contribution is 2.36. The SMILES string of the molecule is CC(C)CCC(=O)Oc1ccc(C(C(C)COC(=O)OC(C)(C)C)[C@H](N)C(=O)O)cc1OC(=O)CCC(C)C. The Bertz CT molecular complexity index is 981. The summed E-state index contributed by atoms with van der Waals surface area (Å²) in [5.41, 5.74) is 5.72. The zero-order valence-electron chi connectivity index (χ0n) is 24.4. The Hall–Kier alpha value is -3.14. The zero-order valence-corrected chi connectivity index (χ0v) is 24.4. The van der Waals surface area contributed by atoms with Crippen molar-refractivity contribution < 1.29 is 43.2 Å². The van der Waals surface area contributed by atoms with Gasteiger partial charge in [-0.2, -0.15) is 0 Å². The molecule has 3 N–H and O–H groups in total. The van der Waals surface area contributed by atoms with Gasteiger partial charge in [0.15, 0.2) is 11.5 Å². The molecular weight excluding hydrogens is 506 g/mol. The quantitative estimate of drug-likeness (QED) is 0.225. The fourth-order valence-corrected chi connectivity index (χ4v) is 3.68. The molecule has 0 heterocycles. The standard InChI is InChI=1S/C29H45NO9/c1-17(2)9-13-23(31)37-21-12-11-20(15-22(21)38-24(32)14-10-18(3)4)25(26(30)27(33)34)19(5)16-36-28(35)39-29(6,7)8/h11-12,15,17-19,25-26H,9-10,13-14,16,30H2,1-8H3,(H,33,34)/t19?,25?,26-/m0/s1. The Balaban J connectivity index is 3.32. The van der Waals surface area contributed by atoms with Crippen LogP contribution in [0, 0.1) is 17.8 Å². The number of carboxylic acid groups (broad SMARTS) is 1. The van der Waals surface area contributed by atoms with E-state index in [0.29, 0.717) is 24.3 Å². The summed E-state index contributed by atoms with van der Waals surface area (Å²) in [5.74, 6) is -3.04. The van der Waals surface area contributed by atoms with E-state index in [1.807, 2.05) is 27.7 Å². The van der Waals surface area contributed by atoms with Crippen LogP contribution in [0.25, 0.3) is 0 Å². The second kappa shape index (κ2) is 15.5. The number of rotatable bonds is 14. The lowest BCUT2D eigenvalue weighted by Gasteiger charge is -2.28. The minimum Gasteiger partial charge on any atom is -0.480 e. The van der Waals surface area contributed by atoms with Crippen LogP contribution in [-0.2, 0) is 23.9 Å². The normalized spacial score (nSPS) is 13.9. The maximum Gasteiger partial charge on any atom is 0.508 e. The van der Waals surface area contributed by atoms with Crippen molar-refractivity contribution in [3.8, 4) is 11.5 Å². The highest BCUT2D eigenvalue weighted by molar-refractivity contribution is 5.77. The largest absolute Gasteiger partial charge is 0.508 e. The van der Waals surface area contributed by atoms with Gasteiger partial charge in [0.25, 0.3) is 0 Å². The van der Waals surface area contributed by atoms with Crippen molar-refractivity contribution in [1.29, 1.82) is 0 Å². The van der Waals surface area contributed by atoms with Crippen molar-refractivity contribution in [3.05, 3.63) is 23.8 Å². The van der Waals surface area contributed by atoms with Crippen LogP contribution >= 0.6 is 0 Å². The Morgan fingerprint density at radius 3 is 1.85 bits per heavy atom. The number of benzene rings is 1. The number of hydrogen-bond acceptors (Lipinski definition) is 9. The van der Waals surface area contributed by atoms with E-state index in [2.05, 4.69) is 0 Å². The number of aliphatic carboxylic acids is 1. The van der Waals surface area contributed by atoms with Crippen molar-refractivity contribution in [1.82, 2.24) is 0 Å². The van der Waals surface area contributed by atoms with Gasteiger partial charge < -0.3 is 29.8 Å². The van der Waals surface area contributed by atoms with Gasteiger partial charge in [-0.15, -0.1) is 0 Å². The third-order valence-electron chi connectivity index (χ3n) is 5.79. The Morgan fingerprint density at radius 2 is 1.38 bits per heavy atom. The number of carbonyl (C=O) groups is 4. The molecule has 220 valence electrons. The van der Waals surface area contributed by atoms with Gasteiger partial charge >= 0.3 is 24.1 Å². The average Bonchev–Trinajstić information content (AvgIpc) is 2.80. The molecule has 10 heteroatoms. The molecule has 0 aliphatic carbocycles. The number of carboxylic acids is 1. The molecular formula is C29H45NO9. The molecule has 1 aromatic rings. The van der Waals surface area contributed by atoms with Crippen molar-refractivity contribution in [2.24, 2.45) is 23.5 Å². The van der Waals surface area contributed by atoms with E-state index < -0.39 is 47.5 Å². The number of esters is 2. The molecule has 0 amide bonds. The third kappa shape index (κ3) is 13.0. The summed E-state index contributed by atoms with van der Waals surface area (Å²) in [6.07, 6.45) is 0.686. The van der Waals surface area contributed by atoms with Gasteiger partial charge in [0.2, 0.25) is 0 Å². The molecule has 1 rings (SSSR count). The summed E-state index contributed by atoms with van der Waals surface area (Å²) in [6, 6.07) is 3.10. The molecule has 0 saturated heterocycles. The monoisotopic (exact) mass is 551 g/mol. The minimum absolute atomic E-state index is 0.0120. The molecule has 0 radical (unpaired) electrons. The Kier molecular flexibility index (Phi) is 13.4. The van der Waals surface area contributed by atoms with Crippen LogP contribution in [0.2, 0.25) is 0 Å². The second-order valence-corrected chi connectivity index (χ2v) is 11.7. The third-order valence-corrected chi connectivity index (χ3v) is 5.79. The summed E-state index contributed by atoms with van der Waals surface area (Å²) in [7, 11) is 0. The predicted octanol–water partition coefficient (Wildman–Crippen LogP) is 5.45. The van der Waals surface area contributed by atoms with Gasteiger partial charge in [-0.05, 0) is 69.1 Å². The first-order valence-corrected chi connectivity index (χ1v) is 13.4. The molecule has 2 unspecified atom stereocenters. The zero-order chi connectivity index (χ0) is 29.9. The van der Waals surface area contributed by atoms with Crippen molar-refractivity contribution >= 4 is 24.1 Å². The summed E-state index contributed by atoms with van der Waals surface area (Å²) < 4.78 is 21.5. The van der Waals surface area contributed by atoms with E-state index >= 15 is 0 Å². The smallest absolute Gasteiger partial charge is 0.480 e. The number of hydrogen-bond donors (Lipinski definition) is 2. The van der Waals surface area contributed by atoms with E-state index in [4.69, 9.17) is 24.7 Å². The van der Waals surface area contributed by atoms with E-state index in [-0.39, 0.29) is 36.9 Å². The van der Waals surface area contributed by atoms with Crippen LogP contribution in [0.4, 0.5) is 4.79 Å². The van der Waals surface area contributed by atoms with E-state index in [1.54, 1.807) is 33.8 Å². The maximum atomic E-state index is 12.6. The number of carbonyl (C=O) groups excluding carboxylic acids is 3. The van der Waals surface area contributed by atoms with Crippen molar-refractivity contribution in [3.63, 3.8) is 0 Å². The first-order chi connectivity index (χ1) is 18.0. The van der Waals surface area contributed by atoms with Gasteiger partial charge in [0.1, 0.15) is 11.6 Å². The predicted molar refractivity (Wildman–Crippen MR) is 146 cm³/mol. The van der Waals surface area contributed by atoms with E-state index in [0.717, 1.165) is 0 Å². The Morgan fingerprint density at radius 1 is 0.872 bits per heavy atom. The van der Waals surface area contributed by atoms with Crippen LogP contribution in [0.5, 0.6) is 11.5 Å². The minimum atomic E-state index is -1.37. The van der Waals surface area contributed by atoms with Crippen LogP contribution in [-0.4, -0.2) is 47.4 Å². The molecule has 10 nitrogen and oxygen atoms in total. The molecule has 1 aromatic carbocycles. The lowest BCUT2D eigenvalue weighted by Crippen LogP contribution is -2.41. The highest BCUT2D eigenvalue weighted by Gasteiger charge is 2.33. The maximum absolute atomic E-state index is 12.6. The van der Waals surface area contributed by atoms with Crippen LogP contribution < -0.4 is 15.2 Å². The molecule has 0 spiro atoms. The highest BCUT2D eigenvalue weighted by atomic mass is 16.7. The molecule has 0 fully saturated rings. The molecule has 0 aliphatic heterocycles. The first kappa shape index (κ1) is 33.9. The van der Waals surface area contributed by atoms with Crippen LogP contribution in [0.15, 0.2) is 18.2 Å². The molecule has 0 saturated carbocycles. The molecule has 0 bridgehead atoms. The summed E-state index contributed by atoms with van der Waals surface area (Å²) in [4.78, 5) is 48.9. The fraction of sp³-hybridized carbons (Fsp3) is 0.655. The summed E-state index contributed by atoms with van der Waals surface area (Å²) in [6.45, 7) is 14.5. The van der Waals surface area contributed by atoms with Crippen LogP contribution in [0.3, 0.4) is 0 Å². The van der Waals surface area contributed by atoms with Gasteiger partial charge in [-0.25, -0.2) is 4.79 Å². The summed E-state index contributed by atoms with van der Waals surface area (Å²) >= 11 is 0. The van der Waals surface area contributed by atoms with Gasteiger partial charge in [0, 0.05) is 18.8 Å². The lowest BCUT2D eigenvalue weighted by atomic mass is 9.82. The molecule has 0 aromatic heterocycles. The van der Waals surface area contributed by atoms with Crippen molar-refractivity contribution in [2.75, 3.05) is 6.61 Å². The Labute approximate surface area is 231 Å². The number of nitrogens with two attached hydrogens (primary N) is 1. The van der Waals surface area contributed by atoms with Crippen LogP contribution in [0.1, 0.15) is 92.6 Å². The van der Waals surface area contributed by atoms with Gasteiger partial charge in [0.05, 0.1) is 6.61 Å². The van der Waals surface area contributed by atoms with Gasteiger partial charge in [-0.1, -0.05) is 40.7 Å². The molecule has 3 atom stereocenters. The topological polar surface area (TPSA) is 151 Å². The average molecular weight is 552 g/mol. The first-order valence-electron chi connectivity index (χ1n) is 13.4.